The fraction of sp³-hybridized carbons (Fsp3) is 0.120. The molecule has 0 saturated carbocycles. The van der Waals surface area contributed by atoms with E-state index in [0.717, 1.165) is 27.7 Å². The van der Waals surface area contributed by atoms with E-state index in [1.807, 2.05) is 72.8 Å². The van der Waals surface area contributed by atoms with Gasteiger partial charge in [0.2, 0.25) is 0 Å². The van der Waals surface area contributed by atoms with Crippen molar-refractivity contribution in [3.63, 3.8) is 0 Å². The van der Waals surface area contributed by atoms with Crippen LogP contribution in [0.4, 0.5) is 0 Å². The Morgan fingerprint density at radius 2 is 1.81 bits per heavy atom. The molecule has 2 aromatic heterocycles. The zero-order chi connectivity index (χ0) is 21.3. The van der Waals surface area contributed by atoms with E-state index >= 15 is 0 Å². The summed E-state index contributed by atoms with van der Waals surface area (Å²) >= 11 is 3.42. The molecule has 0 bridgehead atoms. The highest BCUT2D eigenvalue weighted by Crippen LogP contribution is 2.28. The molecule has 0 atom stereocenters. The number of aromatic nitrogens is 1. The lowest BCUT2D eigenvalue weighted by Crippen LogP contribution is -2.23. The highest BCUT2D eigenvalue weighted by atomic mass is 32.2. The quantitative estimate of drug-likeness (QED) is 0.323. The van der Waals surface area contributed by atoms with Gasteiger partial charge in [0, 0.05) is 28.3 Å². The lowest BCUT2D eigenvalue weighted by atomic mass is 10.2. The first-order valence-corrected chi connectivity index (χ1v) is 11.8. The molecular weight excluding hydrogens is 424 g/mol. The second-order valence-corrected chi connectivity index (χ2v) is 8.85. The standard InChI is InChI=1S/C25H22N2O2S2/c28-25(23-8-1-2-9-24(23)31-18-22-7-5-15-30-22)27-16-19-10-12-21(13-11-19)29-17-20-6-3-4-14-26-20/h1-15H,16-18H2,(H,27,28). The minimum absolute atomic E-state index is 0.0650. The van der Waals surface area contributed by atoms with E-state index < -0.39 is 0 Å². The van der Waals surface area contributed by atoms with E-state index in [9.17, 15) is 4.79 Å². The Morgan fingerprint density at radius 3 is 2.58 bits per heavy atom. The van der Waals surface area contributed by atoms with Crippen LogP contribution in [-0.4, -0.2) is 10.9 Å². The third-order valence-corrected chi connectivity index (χ3v) is 6.75. The average molecular weight is 447 g/mol. The second-order valence-electron chi connectivity index (χ2n) is 6.80. The van der Waals surface area contributed by atoms with Gasteiger partial charge in [-0.1, -0.05) is 36.4 Å². The van der Waals surface area contributed by atoms with Gasteiger partial charge in [0.25, 0.3) is 5.91 Å². The smallest absolute Gasteiger partial charge is 0.252 e. The van der Waals surface area contributed by atoms with Crippen LogP contribution < -0.4 is 10.1 Å². The summed E-state index contributed by atoms with van der Waals surface area (Å²) in [4.78, 5) is 19.3. The number of nitrogens with zero attached hydrogens (tertiary/aromatic N) is 1. The first-order valence-electron chi connectivity index (χ1n) is 9.92. The van der Waals surface area contributed by atoms with Gasteiger partial charge < -0.3 is 10.1 Å². The molecule has 0 aliphatic rings. The van der Waals surface area contributed by atoms with Gasteiger partial charge in [0.1, 0.15) is 12.4 Å². The SMILES string of the molecule is O=C(NCc1ccc(OCc2ccccn2)cc1)c1ccccc1SCc1cccs1. The minimum atomic E-state index is -0.0650. The lowest BCUT2D eigenvalue weighted by Gasteiger charge is -2.10. The number of pyridine rings is 1. The van der Waals surface area contributed by atoms with Crippen molar-refractivity contribution in [3.05, 3.63) is 112 Å². The van der Waals surface area contributed by atoms with Crippen LogP contribution >= 0.6 is 23.1 Å². The average Bonchev–Trinajstić information content (AvgIpc) is 3.35. The maximum absolute atomic E-state index is 12.8. The summed E-state index contributed by atoms with van der Waals surface area (Å²) in [6, 6.07) is 25.4. The summed E-state index contributed by atoms with van der Waals surface area (Å²) in [6.45, 7) is 0.889. The lowest BCUT2D eigenvalue weighted by molar-refractivity contribution is 0.0948. The van der Waals surface area contributed by atoms with E-state index in [1.165, 1.54) is 4.88 Å². The molecule has 31 heavy (non-hydrogen) atoms. The molecule has 1 amide bonds. The Morgan fingerprint density at radius 1 is 0.968 bits per heavy atom. The second kappa shape index (κ2) is 10.8. The number of carbonyl (C=O) groups is 1. The van der Waals surface area contributed by atoms with Crippen LogP contribution in [0.5, 0.6) is 5.75 Å². The predicted octanol–water partition coefficient (Wildman–Crippen LogP) is 5.94. The first kappa shape index (κ1) is 21.2. The summed E-state index contributed by atoms with van der Waals surface area (Å²) < 4.78 is 5.76. The number of ether oxygens (including phenoxy) is 1. The number of rotatable bonds is 9. The van der Waals surface area contributed by atoms with E-state index in [4.69, 9.17) is 4.74 Å². The summed E-state index contributed by atoms with van der Waals surface area (Å²) in [7, 11) is 0. The molecular formula is C25H22N2O2S2. The molecule has 6 heteroatoms. The van der Waals surface area contributed by atoms with E-state index in [2.05, 4.69) is 21.7 Å². The molecule has 156 valence electrons. The Balaban J connectivity index is 1.30. The normalized spacial score (nSPS) is 10.6. The van der Waals surface area contributed by atoms with Crippen LogP contribution in [0.15, 0.2) is 95.3 Å². The van der Waals surface area contributed by atoms with Crippen LogP contribution in [0.25, 0.3) is 0 Å². The summed E-state index contributed by atoms with van der Waals surface area (Å²) in [5, 5.41) is 5.10. The zero-order valence-electron chi connectivity index (χ0n) is 16.9. The van der Waals surface area contributed by atoms with E-state index in [1.54, 1.807) is 29.3 Å². The molecule has 1 N–H and O–H groups in total. The fourth-order valence-corrected chi connectivity index (χ4v) is 4.77. The largest absolute Gasteiger partial charge is 0.487 e. The van der Waals surface area contributed by atoms with Crippen molar-refractivity contribution in [1.82, 2.24) is 10.3 Å². The van der Waals surface area contributed by atoms with E-state index in [0.29, 0.717) is 18.7 Å². The molecule has 0 fully saturated rings. The third-order valence-electron chi connectivity index (χ3n) is 4.57. The first-order chi connectivity index (χ1) is 15.3. The van der Waals surface area contributed by atoms with Crippen molar-refractivity contribution in [2.45, 2.75) is 23.8 Å². The number of thioether (sulfide) groups is 1. The van der Waals surface area contributed by atoms with Crippen molar-refractivity contribution >= 4 is 29.0 Å². The Labute approximate surface area is 190 Å². The van der Waals surface area contributed by atoms with Gasteiger partial charge in [0.15, 0.2) is 0 Å². The number of hydrogen-bond donors (Lipinski definition) is 1. The molecule has 2 aromatic carbocycles. The van der Waals surface area contributed by atoms with Gasteiger partial charge in [-0.15, -0.1) is 23.1 Å². The third kappa shape index (κ3) is 6.20. The van der Waals surface area contributed by atoms with Gasteiger partial charge >= 0.3 is 0 Å². The Bertz CT molecular complexity index is 1100. The van der Waals surface area contributed by atoms with Gasteiger partial charge in [-0.2, -0.15) is 0 Å². The topological polar surface area (TPSA) is 51.2 Å². The van der Waals surface area contributed by atoms with Gasteiger partial charge in [-0.3, -0.25) is 9.78 Å². The van der Waals surface area contributed by atoms with Crippen molar-refractivity contribution in [1.29, 1.82) is 0 Å². The van der Waals surface area contributed by atoms with Crippen LogP contribution in [0.3, 0.4) is 0 Å². The Hall–Kier alpha value is -3.09. The molecule has 0 saturated heterocycles. The van der Waals surface area contributed by atoms with Crippen molar-refractivity contribution in [3.8, 4) is 5.75 Å². The van der Waals surface area contributed by atoms with Crippen molar-refractivity contribution in [2.24, 2.45) is 0 Å². The molecule has 0 aliphatic carbocycles. The number of thiophene rings is 1. The number of hydrogen-bond acceptors (Lipinski definition) is 5. The molecule has 4 rings (SSSR count). The zero-order valence-corrected chi connectivity index (χ0v) is 18.5. The van der Waals surface area contributed by atoms with Gasteiger partial charge in [-0.25, -0.2) is 0 Å². The van der Waals surface area contributed by atoms with Crippen LogP contribution in [0, 0.1) is 0 Å². The maximum atomic E-state index is 12.8. The molecule has 4 nitrogen and oxygen atoms in total. The predicted molar refractivity (Wildman–Crippen MR) is 127 cm³/mol. The van der Waals surface area contributed by atoms with Crippen LogP contribution in [0.2, 0.25) is 0 Å². The maximum Gasteiger partial charge on any atom is 0.252 e. The van der Waals surface area contributed by atoms with E-state index in [-0.39, 0.29) is 5.91 Å². The molecule has 2 heterocycles. The molecule has 0 radical (unpaired) electrons. The Kier molecular flexibility index (Phi) is 7.37. The number of benzene rings is 2. The molecule has 0 aliphatic heterocycles. The summed E-state index contributed by atoms with van der Waals surface area (Å²) in [6.07, 6.45) is 1.75. The van der Waals surface area contributed by atoms with Crippen LogP contribution in [0.1, 0.15) is 26.5 Å². The van der Waals surface area contributed by atoms with Crippen LogP contribution in [-0.2, 0) is 18.9 Å². The summed E-state index contributed by atoms with van der Waals surface area (Å²) in [5.74, 6) is 1.57. The highest BCUT2D eigenvalue weighted by molar-refractivity contribution is 7.98. The van der Waals surface area contributed by atoms with Crippen molar-refractivity contribution < 1.29 is 9.53 Å². The fourth-order valence-electron chi connectivity index (χ4n) is 2.95. The molecule has 0 unspecified atom stereocenters. The number of amides is 1. The molecule has 4 aromatic rings. The van der Waals surface area contributed by atoms with Crippen molar-refractivity contribution in [2.75, 3.05) is 0 Å². The highest BCUT2D eigenvalue weighted by Gasteiger charge is 2.11. The van der Waals surface area contributed by atoms with Gasteiger partial charge in [0.05, 0.1) is 11.3 Å². The number of carbonyl (C=O) groups excluding carboxylic acids is 1. The summed E-state index contributed by atoms with van der Waals surface area (Å²) in [5.41, 5.74) is 2.61. The number of nitrogens with one attached hydrogen (secondary N) is 1. The monoisotopic (exact) mass is 446 g/mol. The van der Waals surface area contributed by atoms with Gasteiger partial charge in [-0.05, 0) is 53.4 Å². The molecule has 0 spiro atoms. The minimum Gasteiger partial charge on any atom is -0.487 e.